The zero-order valence-corrected chi connectivity index (χ0v) is 17.0. The van der Waals surface area contributed by atoms with Gasteiger partial charge in [0.1, 0.15) is 5.75 Å². The van der Waals surface area contributed by atoms with Crippen molar-refractivity contribution in [1.29, 1.82) is 0 Å². The summed E-state index contributed by atoms with van der Waals surface area (Å²) in [7, 11) is 3.46. The summed E-state index contributed by atoms with van der Waals surface area (Å²) in [6.07, 6.45) is 0. The lowest BCUT2D eigenvalue weighted by Crippen LogP contribution is -2.36. The number of nitrogens with zero attached hydrogens (tertiary/aromatic N) is 2. The van der Waals surface area contributed by atoms with Gasteiger partial charge in [-0.25, -0.2) is 0 Å². The molecule has 0 bridgehead atoms. The molecule has 2 N–H and O–H groups in total. The van der Waals surface area contributed by atoms with Crippen LogP contribution in [0.5, 0.6) is 5.75 Å². The van der Waals surface area contributed by atoms with Gasteiger partial charge in [0.05, 0.1) is 7.11 Å². The summed E-state index contributed by atoms with van der Waals surface area (Å²) < 4.78 is 5.19. The molecule has 0 fully saturated rings. The Morgan fingerprint density at radius 2 is 1.33 bits per heavy atom. The standard InChI is InChI=1S/C22H32N4O/c1-5-26(6-2)17-20-9-7-18(8-10-20)15-24-22(23-3)25-16-19-11-13-21(27-4)14-12-19/h7-14H,5-6,15-17H2,1-4H3,(H2,23,24,25). The highest BCUT2D eigenvalue weighted by atomic mass is 16.5. The summed E-state index contributed by atoms with van der Waals surface area (Å²) in [6, 6.07) is 16.8. The van der Waals surface area contributed by atoms with E-state index in [1.165, 1.54) is 16.7 Å². The average Bonchev–Trinajstić information content (AvgIpc) is 2.73. The van der Waals surface area contributed by atoms with E-state index in [-0.39, 0.29) is 0 Å². The minimum absolute atomic E-state index is 0.715. The Kier molecular flexibility index (Phi) is 8.65. The largest absolute Gasteiger partial charge is 0.497 e. The summed E-state index contributed by atoms with van der Waals surface area (Å²) in [5, 5.41) is 6.70. The zero-order valence-electron chi connectivity index (χ0n) is 17.0. The summed E-state index contributed by atoms with van der Waals surface area (Å²) in [4.78, 5) is 6.71. The second-order valence-corrected chi connectivity index (χ2v) is 6.41. The van der Waals surface area contributed by atoms with Crippen LogP contribution in [0.25, 0.3) is 0 Å². The molecular weight excluding hydrogens is 336 g/mol. The van der Waals surface area contributed by atoms with Crippen molar-refractivity contribution in [1.82, 2.24) is 15.5 Å². The van der Waals surface area contributed by atoms with E-state index >= 15 is 0 Å². The van der Waals surface area contributed by atoms with E-state index in [4.69, 9.17) is 4.74 Å². The highest BCUT2D eigenvalue weighted by Gasteiger charge is 2.03. The van der Waals surface area contributed by atoms with Crippen molar-refractivity contribution in [2.24, 2.45) is 4.99 Å². The first-order valence-corrected chi connectivity index (χ1v) is 9.56. The number of methoxy groups -OCH3 is 1. The summed E-state index contributed by atoms with van der Waals surface area (Å²) in [5.41, 5.74) is 3.77. The molecule has 5 nitrogen and oxygen atoms in total. The van der Waals surface area contributed by atoms with E-state index in [1.54, 1.807) is 14.2 Å². The van der Waals surface area contributed by atoms with Crippen LogP contribution in [0.4, 0.5) is 0 Å². The van der Waals surface area contributed by atoms with E-state index in [0.29, 0.717) is 6.54 Å². The van der Waals surface area contributed by atoms with Gasteiger partial charge in [0.2, 0.25) is 0 Å². The van der Waals surface area contributed by atoms with E-state index in [1.807, 2.05) is 24.3 Å². The van der Waals surface area contributed by atoms with Crippen molar-refractivity contribution < 1.29 is 4.74 Å². The van der Waals surface area contributed by atoms with Gasteiger partial charge in [-0.3, -0.25) is 9.89 Å². The second-order valence-electron chi connectivity index (χ2n) is 6.41. The van der Waals surface area contributed by atoms with Crippen LogP contribution in [-0.2, 0) is 19.6 Å². The Balaban J connectivity index is 1.81. The molecule has 0 aliphatic carbocycles. The van der Waals surface area contributed by atoms with E-state index in [0.717, 1.165) is 37.9 Å². The van der Waals surface area contributed by atoms with Crippen LogP contribution in [0.15, 0.2) is 53.5 Å². The van der Waals surface area contributed by atoms with E-state index < -0.39 is 0 Å². The van der Waals surface area contributed by atoms with Gasteiger partial charge in [-0.05, 0) is 41.9 Å². The summed E-state index contributed by atoms with van der Waals surface area (Å²) in [5.74, 6) is 1.66. The molecule has 0 atom stereocenters. The number of hydrogen-bond donors (Lipinski definition) is 2. The molecule has 2 aromatic carbocycles. The first-order chi connectivity index (χ1) is 13.2. The lowest BCUT2D eigenvalue weighted by Gasteiger charge is -2.18. The van der Waals surface area contributed by atoms with Crippen molar-refractivity contribution in [2.45, 2.75) is 33.5 Å². The third-order valence-electron chi connectivity index (χ3n) is 4.63. The van der Waals surface area contributed by atoms with Gasteiger partial charge in [0, 0.05) is 26.7 Å². The molecule has 0 aromatic heterocycles. The number of nitrogens with one attached hydrogen (secondary N) is 2. The third-order valence-corrected chi connectivity index (χ3v) is 4.63. The monoisotopic (exact) mass is 368 g/mol. The highest BCUT2D eigenvalue weighted by molar-refractivity contribution is 5.79. The molecule has 0 saturated carbocycles. The van der Waals surface area contributed by atoms with Gasteiger partial charge in [-0.1, -0.05) is 50.2 Å². The Hall–Kier alpha value is -2.53. The van der Waals surface area contributed by atoms with E-state index in [2.05, 4.69) is 58.6 Å². The second kappa shape index (κ2) is 11.2. The minimum atomic E-state index is 0.715. The topological polar surface area (TPSA) is 48.9 Å². The molecule has 5 heteroatoms. The van der Waals surface area contributed by atoms with Gasteiger partial charge in [0.25, 0.3) is 0 Å². The molecular formula is C22H32N4O. The van der Waals surface area contributed by atoms with Crippen LogP contribution in [0, 0.1) is 0 Å². The molecule has 0 heterocycles. The Morgan fingerprint density at radius 1 is 0.852 bits per heavy atom. The maximum absolute atomic E-state index is 5.19. The number of benzene rings is 2. The minimum Gasteiger partial charge on any atom is -0.497 e. The number of ether oxygens (including phenoxy) is 1. The van der Waals surface area contributed by atoms with Crippen LogP contribution in [0.1, 0.15) is 30.5 Å². The third kappa shape index (κ3) is 6.94. The highest BCUT2D eigenvalue weighted by Crippen LogP contribution is 2.11. The lowest BCUT2D eigenvalue weighted by atomic mass is 10.1. The fourth-order valence-corrected chi connectivity index (χ4v) is 2.80. The van der Waals surface area contributed by atoms with Gasteiger partial charge in [-0.2, -0.15) is 0 Å². The van der Waals surface area contributed by atoms with Gasteiger partial charge < -0.3 is 15.4 Å². The maximum Gasteiger partial charge on any atom is 0.191 e. The van der Waals surface area contributed by atoms with Crippen LogP contribution in [0.3, 0.4) is 0 Å². The van der Waals surface area contributed by atoms with Crippen molar-refractivity contribution in [3.05, 3.63) is 65.2 Å². The van der Waals surface area contributed by atoms with Gasteiger partial charge in [-0.15, -0.1) is 0 Å². The Morgan fingerprint density at radius 3 is 1.78 bits per heavy atom. The molecule has 0 amide bonds. The number of guanidine groups is 1. The predicted molar refractivity (Wildman–Crippen MR) is 113 cm³/mol. The Labute approximate surface area is 163 Å². The number of hydrogen-bond acceptors (Lipinski definition) is 3. The van der Waals surface area contributed by atoms with Gasteiger partial charge >= 0.3 is 0 Å². The first kappa shape index (κ1) is 20.8. The average molecular weight is 369 g/mol. The number of rotatable bonds is 9. The molecule has 2 aromatic rings. The molecule has 0 aliphatic heterocycles. The molecule has 0 spiro atoms. The summed E-state index contributed by atoms with van der Waals surface area (Å²) >= 11 is 0. The molecule has 27 heavy (non-hydrogen) atoms. The zero-order chi connectivity index (χ0) is 19.5. The molecule has 0 saturated heterocycles. The SMILES string of the molecule is CCN(CC)Cc1ccc(CNC(=NC)NCc2ccc(OC)cc2)cc1. The normalized spacial score (nSPS) is 11.5. The molecule has 2 rings (SSSR count). The Bertz CT molecular complexity index is 691. The quantitative estimate of drug-likeness (QED) is 0.526. The first-order valence-electron chi connectivity index (χ1n) is 9.56. The summed E-state index contributed by atoms with van der Waals surface area (Å²) in [6.45, 7) is 9.02. The van der Waals surface area contributed by atoms with Crippen molar-refractivity contribution >= 4 is 5.96 Å². The maximum atomic E-state index is 5.19. The van der Waals surface area contributed by atoms with Crippen LogP contribution in [0.2, 0.25) is 0 Å². The molecule has 0 unspecified atom stereocenters. The van der Waals surface area contributed by atoms with Crippen LogP contribution >= 0.6 is 0 Å². The molecule has 0 radical (unpaired) electrons. The van der Waals surface area contributed by atoms with Crippen molar-refractivity contribution in [3.63, 3.8) is 0 Å². The van der Waals surface area contributed by atoms with E-state index in [9.17, 15) is 0 Å². The fourth-order valence-electron chi connectivity index (χ4n) is 2.80. The van der Waals surface area contributed by atoms with Crippen molar-refractivity contribution in [3.8, 4) is 5.75 Å². The van der Waals surface area contributed by atoms with Crippen molar-refractivity contribution in [2.75, 3.05) is 27.2 Å². The molecule has 146 valence electrons. The smallest absolute Gasteiger partial charge is 0.191 e. The van der Waals surface area contributed by atoms with Crippen LogP contribution in [-0.4, -0.2) is 38.1 Å². The molecule has 0 aliphatic rings. The fraction of sp³-hybridized carbons (Fsp3) is 0.409. The lowest BCUT2D eigenvalue weighted by molar-refractivity contribution is 0.296. The van der Waals surface area contributed by atoms with Gasteiger partial charge in [0.15, 0.2) is 5.96 Å². The predicted octanol–water partition coefficient (Wildman–Crippen LogP) is 3.40. The van der Waals surface area contributed by atoms with Crippen LogP contribution < -0.4 is 15.4 Å². The number of aliphatic imine (C=N–C) groups is 1.